The molecule has 0 aliphatic carbocycles. The van der Waals surface area contributed by atoms with Crippen molar-refractivity contribution in [2.75, 3.05) is 20.1 Å². The number of rotatable bonds is 1. The van der Waals surface area contributed by atoms with E-state index in [2.05, 4.69) is 36.2 Å². The number of nitrogens with zero attached hydrogens (tertiary/aromatic N) is 1. The maximum absolute atomic E-state index is 6.06. The first kappa shape index (κ1) is 8.73. The van der Waals surface area contributed by atoms with Crippen molar-refractivity contribution in [3.63, 3.8) is 0 Å². The van der Waals surface area contributed by atoms with Crippen LogP contribution in [0.15, 0.2) is 30.3 Å². The molecule has 1 aliphatic heterocycles. The lowest BCUT2D eigenvalue weighted by Crippen LogP contribution is -2.27. The van der Waals surface area contributed by atoms with E-state index in [0.29, 0.717) is 12.0 Å². The van der Waals surface area contributed by atoms with Gasteiger partial charge in [-0.15, -0.1) is 0 Å². The molecule has 13 heavy (non-hydrogen) atoms. The Hall–Kier alpha value is -0.860. The third kappa shape index (κ3) is 1.74. The molecule has 2 heteroatoms. The van der Waals surface area contributed by atoms with E-state index < -0.39 is 0 Å². The molecular formula is C11H16N2. The third-order valence-electron chi connectivity index (χ3n) is 2.78. The van der Waals surface area contributed by atoms with Crippen molar-refractivity contribution in [3.8, 4) is 0 Å². The Labute approximate surface area is 79.4 Å². The second kappa shape index (κ2) is 3.48. The Balaban J connectivity index is 2.18. The van der Waals surface area contributed by atoms with E-state index in [1.807, 2.05) is 6.07 Å². The molecule has 0 radical (unpaired) electrons. The monoisotopic (exact) mass is 176 g/mol. The van der Waals surface area contributed by atoms with Gasteiger partial charge in [-0.3, -0.25) is 0 Å². The third-order valence-corrected chi connectivity index (χ3v) is 2.78. The summed E-state index contributed by atoms with van der Waals surface area (Å²) in [6, 6.07) is 10.9. The van der Waals surface area contributed by atoms with Crippen LogP contribution in [0.25, 0.3) is 0 Å². The summed E-state index contributed by atoms with van der Waals surface area (Å²) in [6.45, 7) is 2.10. The van der Waals surface area contributed by atoms with E-state index >= 15 is 0 Å². The van der Waals surface area contributed by atoms with Crippen LogP contribution in [0.3, 0.4) is 0 Å². The Bertz CT molecular complexity index is 271. The van der Waals surface area contributed by atoms with Crippen molar-refractivity contribution in [2.24, 2.45) is 5.73 Å². The van der Waals surface area contributed by atoms with Crippen LogP contribution in [0.1, 0.15) is 11.5 Å². The summed E-state index contributed by atoms with van der Waals surface area (Å²) in [4.78, 5) is 2.29. The zero-order chi connectivity index (χ0) is 9.26. The van der Waals surface area contributed by atoms with Gasteiger partial charge in [0.25, 0.3) is 0 Å². The fourth-order valence-electron chi connectivity index (χ4n) is 2.09. The molecule has 1 fully saturated rings. The number of hydrogen-bond donors (Lipinski definition) is 1. The van der Waals surface area contributed by atoms with Crippen LogP contribution in [-0.4, -0.2) is 31.1 Å². The van der Waals surface area contributed by atoms with E-state index in [9.17, 15) is 0 Å². The number of hydrogen-bond acceptors (Lipinski definition) is 2. The van der Waals surface area contributed by atoms with Crippen LogP contribution in [0.2, 0.25) is 0 Å². The summed E-state index contributed by atoms with van der Waals surface area (Å²) in [6.07, 6.45) is 0. The van der Waals surface area contributed by atoms with E-state index in [0.717, 1.165) is 13.1 Å². The first-order chi connectivity index (χ1) is 6.27. The lowest BCUT2D eigenvalue weighted by molar-refractivity contribution is 0.407. The highest BCUT2D eigenvalue weighted by molar-refractivity contribution is 5.23. The summed E-state index contributed by atoms with van der Waals surface area (Å²) in [5.74, 6) is 0.520. The molecule has 2 N–H and O–H groups in total. The fraction of sp³-hybridized carbons (Fsp3) is 0.455. The van der Waals surface area contributed by atoms with Gasteiger partial charge in [-0.1, -0.05) is 30.3 Å². The van der Waals surface area contributed by atoms with Gasteiger partial charge in [0.1, 0.15) is 0 Å². The molecule has 2 nitrogen and oxygen atoms in total. The average Bonchev–Trinajstić information content (AvgIpc) is 2.47. The van der Waals surface area contributed by atoms with Gasteiger partial charge in [0.2, 0.25) is 0 Å². The molecule has 1 aliphatic rings. The molecule has 0 saturated carbocycles. The maximum atomic E-state index is 6.06. The standard InChI is InChI=1S/C11H16N2/c1-13-7-10(11(12)8-13)9-5-3-2-4-6-9/h2-6,10-11H,7-8,12H2,1H3/t10-,11-/m0/s1. The summed E-state index contributed by atoms with van der Waals surface area (Å²) in [5, 5.41) is 0. The maximum Gasteiger partial charge on any atom is 0.0249 e. The predicted octanol–water partition coefficient (Wildman–Crippen LogP) is 1.04. The molecule has 1 aromatic rings. The van der Waals surface area contributed by atoms with Gasteiger partial charge in [0.05, 0.1) is 0 Å². The predicted molar refractivity (Wildman–Crippen MR) is 54.7 cm³/mol. The summed E-state index contributed by atoms with van der Waals surface area (Å²) in [7, 11) is 2.13. The normalized spacial score (nSPS) is 29.4. The zero-order valence-electron chi connectivity index (χ0n) is 7.98. The molecule has 2 rings (SSSR count). The molecule has 1 heterocycles. The second-order valence-electron chi connectivity index (χ2n) is 3.90. The first-order valence-corrected chi connectivity index (χ1v) is 4.76. The topological polar surface area (TPSA) is 29.3 Å². The van der Waals surface area contributed by atoms with Crippen molar-refractivity contribution in [2.45, 2.75) is 12.0 Å². The lowest BCUT2D eigenvalue weighted by atomic mass is 9.95. The van der Waals surface area contributed by atoms with Crippen LogP contribution < -0.4 is 5.73 Å². The van der Waals surface area contributed by atoms with Gasteiger partial charge in [0, 0.05) is 25.0 Å². The van der Waals surface area contributed by atoms with Crippen LogP contribution in [-0.2, 0) is 0 Å². The lowest BCUT2D eigenvalue weighted by Gasteiger charge is -2.13. The van der Waals surface area contributed by atoms with Gasteiger partial charge in [-0.2, -0.15) is 0 Å². The largest absolute Gasteiger partial charge is 0.326 e. The molecule has 70 valence electrons. The Kier molecular flexibility index (Phi) is 2.34. The SMILES string of the molecule is CN1C[C@H](N)[C@H](c2ccccc2)C1. The highest BCUT2D eigenvalue weighted by atomic mass is 15.1. The number of likely N-dealkylation sites (tertiary alicyclic amines) is 1. The number of likely N-dealkylation sites (N-methyl/N-ethyl adjacent to an activating group) is 1. The highest BCUT2D eigenvalue weighted by Crippen LogP contribution is 2.24. The molecule has 2 atom stereocenters. The van der Waals surface area contributed by atoms with Crippen molar-refractivity contribution in [1.29, 1.82) is 0 Å². The quantitative estimate of drug-likeness (QED) is 0.693. The number of nitrogens with two attached hydrogens (primary N) is 1. The van der Waals surface area contributed by atoms with Gasteiger partial charge < -0.3 is 10.6 Å². The minimum Gasteiger partial charge on any atom is -0.326 e. The van der Waals surface area contributed by atoms with E-state index in [1.165, 1.54) is 5.56 Å². The summed E-state index contributed by atoms with van der Waals surface area (Å²) < 4.78 is 0. The highest BCUT2D eigenvalue weighted by Gasteiger charge is 2.28. The van der Waals surface area contributed by atoms with Crippen molar-refractivity contribution in [3.05, 3.63) is 35.9 Å². The van der Waals surface area contributed by atoms with E-state index in [1.54, 1.807) is 0 Å². The first-order valence-electron chi connectivity index (χ1n) is 4.76. The smallest absolute Gasteiger partial charge is 0.0249 e. The second-order valence-corrected chi connectivity index (χ2v) is 3.90. The van der Waals surface area contributed by atoms with Gasteiger partial charge >= 0.3 is 0 Å². The summed E-state index contributed by atoms with van der Waals surface area (Å²) in [5.41, 5.74) is 7.43. The molecular weight excluding hydrogens is 160 g/mol. The molecule has 0 unspecified atom stereocenters. The molecule has 0 aromatic heterocycles. The van der Waals surface area contributed by atoms with Gasteiger partial charge in [-0.25, -0.2) is 0 Å². The molecule has 0 spiro atoms. The minimum atomic E-state index is 0.299. The van der Waals surface area contributed by atoms with Crippen molar-refractivity contribution >= 4 is 0 Å². The number of benzene rings is 1. The van der Waals surface area contributed by atoms with Gasteiger partial charge in [-0.05, 0) is 12.6 Å². The molecule has 0 bridgehead atoms. The molecule has 0 amide bonds. The zero-order valence-corrected chi connectivity index (χ0v) is 7.98. The molecule has 1 aromatic carbocycles. The Morgan fingerprint density at radius 3 is 2.46 bits per heavy atom. The van der Waals surface area contributed by atoms with Gasteiger partial charge in [0.15, 0.2) is 0 Å². The average molecular weight is 176 g/mol. The minimum absolute atomic E-state index is 0.299. The fourth-order valence-corrected chi connectivity index (χ4v) is 2.09. The Morgan fingerprint density at radius 1 is 1.23 bits per heavy atom. The van der Waals surface area contributed by atoms with Crippen LogP contribution >= 0.6 is 0 Å². The van der Waals surface area contributed by atoms with Crippen LogP contribution in [0, 0.1) is 0 Å². The summed E-state index contributed by atoms with van der Waals surface area (Å²) >= 11 is 0. The van der Waals surface area contributed by atoms with Crippen molar-refractivity contribution < 1.29 is 0 Å². The van der Waals surface area contributed by atoms with Crippen LogP contribution in [0.5, 0.6) is 0 Å². The Morgan fingerprint density at radius 2 is 1.92 bits per heavy atom. The van der Waals surface area contributed by atoms with Crippen molar-refractivity contribution in [1.82, 2.24) is 4.90 Å². The molecule has 1 saturated heterocycles. The van der Waals surface area contributed by atoms with Crippen LogP contribution in [0.4, 0.5) is 0 Å². The van der Waals surface area contributed by atoms with E-state index in [-0.39, 0.29) is 0 Å². The van der Waals surface area contributed by atoms with E-state index in [4.69, 9.17) is 5.73 Å².